The van der Waals surface area contributed by atoms with Gasteiger partial charge in [-0.1, -0.05) is 46.3 Å². The van der Waals surface area contributed by atoms with E-state index in [0.717, 1.165) is 16.3 Å². The lowest BCUT2D eigenvalue weighted by atomic mass is 10.1. The van der Waals surface area contributed by atoms with E-state index in [1.54, 1.807) is 36.2 Å². The van der Waals surface area contributed by atoms with E-state index < -0.39 is 10.0 Å². The third-order valence-corrected chi connectivity index (χ3v) is 4.53. The third kappa shape index (κ3) is 4.80. The average Bonchev–Trinajstić information content (AvgIpc) is 2.48. The number of hydrogen-bond donors (Lipinski definition) is 1. The molecule has 1 N–H and O–H groups in total. The Labute approximate surface area is 144 Å². The van der Waals surface area contributed by atoms with Gasteiger partial charge in [-0.2, -0.15) is 0 Å². The van der Waals surface area contributed by atoms with E-state index in [2.05, 4.69) is 20.7 Å². The van der Waals surface area contributed by atoms with Gasteiger partial charge in [0.2, 0.25) is 10.0 Å². The maximum absolute atomic E-state index is 12.6. The summed E-state index contributed by atoms with van der Waals surface area (Å²) in [5.74, 6) is -0.257. The summed E-state index contributed by atoms with van der Waals surface area (Å²) >= 11 is 3.45. The van der Waals surface area contributed by atoms with E-state index in [0.29, 0.717) is 12.1 Å². The molecule has 0 radical (unpaired) electrons. The highest BCUT2D eigenvalue weighted by molar-refractivity contribution is 9.10. The number of rotatable bonds is 5. The van der Waals surface area contributed by atoms with Gasteiger partial charge in [0.05, 0.1) is 17.5 Å². The summed E-state index contributed by atoms with van der Waals surface area (Å²) in [5.41, 5.74) is 1.56. The highest BCUT2D eigenvalue weighted by Gasteiger charge is 2.18. The molecule has 0 heterocycles. The SMILES string of the molecule is CN(Cc1ccccc1Br)C(=O)c1ccccc1NS(C)(=O)=O. The van der Waals surface area contributed by atoms with Crippen LogP contribution in [-0.4, -0.2) is 32.5 Å². The van der Waals surface area contributed by atoms with Gasteiger partial charge in [-0.15, -0.1) is 0 Å². The Morgan fingerprint density at radius 1 is 1.13 bits per heavy atom. The summed E-state index contributed by atoms with van der Waals surface area (Å²) < 4.78 is 26.2. The zero-order chi connectivity index (χ0) is 17.0. The fourth-order valence-corrected chi connectivity index (χ4v) is 3.11. The number of sulfonamides is 1. The maximum atomic E-state index is 12.6. The fraction of sp³-hybridized carbons (Fsp3) is 0.188. The van der Waals surface area contributed by atoms with Crippen molar-refractivity contribution in [1.82, 2.24) is 4.90 Å². The van der Waals surface area contributed by atoms with Crippen molar-refractivity contribution in [2.75, 3.05) is 18.0 Å². The van der Waals surface area contributed by atoms with Gasteiger partial charge in [-0.05, 0) is 23.8 Å². The molecule has 2 aromatic carbocycles. The van der Waals surface area contributed by atoms with Crippen molar-refractivity contribution in [3.8, 4) is 0 Å². The molecule has 0 aliphatic carbocycles. The highest BCUT2D eigenvalue weighted by Crippen LogP contribution is 2.21. The summed E-state index contributed by atoms with van der Waals surface area (Å²) in [6.45, 7) is 0.410. The average molecular weight is 397 g/mol. The van der Waals surface area contributed by atoms with Crippen LogP contribution >= 0.6 is 15.9 Å². The molecule has 0 aliphatic rings. The van der Waals surface area contributed by atoms with Gasteiger partial charge in [0.25, 0.3) is 5.91 Å². The number of halogens is 1. The molecule has 5 nitrogen and oxygen atoms in total. The van der Waals surface area contributed by atoms with Crippen LogP contribution in [0.3, 0.4) is 0 Å². The van der Waals surface area contributed by atoms with E-state index in [1.807, 2.05) is 24.3 Å². The second-order valence-electron chi connectivity index (χ2n) is 5.17. The molecule has 122 valence electrons. The molecule has 7 heteroatoms. The molecule has 2 aromatic rings. The van der Waals surface area contributed by atoms with Crippen LogP contribution in [0.5, 0.6) is 0 Å². The molecule has 2 rings (SSSR count). The lowest BCUT2D eigenvalue weighted by Gasteiger charge is -2.20. The normalized spacial score (nSPS) is 11.1. The van der Waals surface area contributed by atoms with E-state index in [4.69, 9.17) is 0 Å². The number of amides is 1. The first kappa shape index (κ1) is 17.5. The number of nitrogens with zero attached hydrogens (tertiary/aromatic N) is 1. The first-order valence-electron chi connectivity index (χ1n) is 6.83. The number of anilines is 1. The van der Waals surface area contributed by atoms with Crippen LogP contribution in [0.2, 0.25) is 0 Å². The summed E-state index contributed by atoms with van der Waals surface area (Å²) in [7, 11) is -1.77. The monoisotopic (exact) mass is 396 g/mol. The second-order valence-corrected chi connectivity index (χ2v) is 7.78. The number of hydrogen-bond acceptors (Lipinski definition) is 3. The molecule has 1 amide bonds. The van der Waals surface area contributed by atoms with Gasteiger partial charge in [0, 0.05) is 18.1 Å². The van der Waals surface area contributed by atoms with Crippen molar-refractivity contribution in [1.29, 1.82) is 0 Å². The summed E-state index contributed by atoms with van der Waals surface area (Å²) in [6.07, 6.45) is 1.05. The van der Waals surface area contributed by atoms with Gasteiger partial charge >= 0.3 is 0 Å². The summed E-state index contributed by atoms with van der Waals surface area (Å²) in [5, 5.41) is 0. The van der Waals surface area contributed by atoms with Gasteiger partial charge in [0.1, 0.15) is 0 Å². The van der Waals surface area contributed by atoms with Gasteiger partial charge in [0.15, 0.2) is 0 Å². The Balaban J connectivity index is 2.25. The minimum Gasteiger partial charge on any atom is -0.337 e. The standard InChI is InChI=1S/C16H17BrN2O3S/c1-19(11-12-7-3-5-9-14(12)17)16(20)13-8-4-6-10-15(13)18-23(2,21)22/h3-10,18H,11H2,1-2H3. The Hall–Kier alpha value is -1.86. The Morgan fingerprint density at radius 2 is 1.74 bits per heavy atom. The molecular weight excluding hydrogens is 380 g/mol. The van der Waals surface area contributed by atoms with Crippen LogP contribution < -0.4 is 4.72 Å². The predicted molar refractivity (Wildman–Crippen MR) is 94.8 cm³/mol. The third-order valence-electron chi connectivity index (χ3n) is 3.16. The highest BCUT2D eigenvalue weighted by atomic mass is 79.9. The van der Waals surface area contributed by atoms with E-state index in [1.165, 1.54) is 0 Å². The zero-order valence-corrected chi connectivity index (χ0v) is 15.2. The molecule has 0 unspecified atom stereocenters. The second kappa shape index (κ2) is 7.14. The predicted octanol–water partition coefficient (Wildman–Crippen LogP) is 3.09. The summed E-state index contributed by atoms with van der Waals surface area (Å²) in [4.78, 5) is 14.2. The smallest absolute Gasteiger partial charge is 0.256 e. The number of para-hydroxylation sites is 1. The van der Waals surface area contributed by atoms with Crippen LogP contribution in [0.25, 0.3) is 0 Å². The van der Waals surface area contributed by atoms with Crippen molar-refractivity contribution < 1.29 is 13.2 Å². The first-order valence-corrected chi connectivity index (χ1v) is 9.52. The molecule has 23 heavy (non-hydrogen) atoms. The number of carbonyl (C=O) groups excluding carboxylic acids is 1. The molecule has 0 atom stereocenters. The van der Waals surface area contributed by atoms with Gasteiger partial charge in [-0.25, -0.2) is 8.42 Å². The molecule has 0 saturated carbocycles. The van der Waals surface area contributed by atoms with Crippen LogP contribution in [0.4, 0.5) is 5.69 Å². The Bertz CT molecular complexity index is 822. The Kier molecular flexibility index (Phi) is 5.43. The van der Waals surface area contributed by atoms with E-state index in [9.17, 15) is 13.2 Å². The maximum Gasteiger partial charge on any atom is 0.256 e. The molecule has 0 fully saturated rings. The van der Waals surface area contributed by atoms with Crippen LogP contribution in [0.15, 0.2) is 53.0 Å². The first-order chi connectivity index (χ1) is 10.8. The lowest BCUT2D eigenvalue weighted by molar-refractivity contribution is 0.0786. The van der Waals surface area contributed by atoms with E-state index in [-0.39, 0.29) is 11.6 Å². The Morgan fingerprint density at radius 3 is 2.39 bits per heavy atom. The number of carbonyl (C=O) groups is 1. The van der Waals surface area contributed by atoms with Crippen LogP contribution in [0, 0.1) is 0 Å². The van der Waals surface area contributed by atoms with E-state index >= 15 is 0 Å². The molecule has 0 bridgehead atoms. The quantitative estimate of drug-likeness (QED) is 0.843. The van der Waals surface area contributed by atoms with Gasteiger partial charge in [-0.3, -0.25) is 9.52 Å². The number of benzene rings is 2. The van der Waals surface area contributed by atoms with Crippen molar-refractivity contribution >= 4 is 37.5 Å². The zero-order valence-electron chi connectivity index (χ0n) is 12.8. The molecule has 0 saturated heterocycles. The topological polar surface area (TPSA) is 66.5 Å². The van der Waals surface area contributed by atoms with Crippen molar-refractivity contribution in [2.24, 2.45) is 0 Å². The molecule has 0 aromatic heterocycles. The molecular formula is C16H17BrN2O3S. The van der Waals surface area contributed by atoms with Gasteiger partial charge < -0.3 is 4.90 Å². The largest absolute Gasteiger partial charge is 0.337 e. The van der Waals surface area contributed by atoms with Crippen molar-refractivity contribution in [3.05, 3.63) is 64.1 Å². The molecule has 0 aliphatic heterocycles. The minimum absolute atomic E-state index is 0.257. The van der Waals surface area contributed by atoms with Crippen molar-refractivity contribution in [2.45, 2.75) is 6.54 Å². The lowest BCUT2D eigenvalue weighted by Crippen LogP contribution is -2.27. The van der Waals surface area contributed by atoms with Crippen LogP contribution in [0.1, 0.15) is 15.9 Å². The number of nitrogens with one attached hydrogen (secondary N) is 1. The fourth-order valence-electron chi connectivity index (χ4n) is 2.12. The minimum atomic E-state index is -3.45. The van der Waals surface area contributed by atoms with Crippen LogP contribution in [-0.2, 0) is 16.6 Å². The van der Waals surface area contributed by atoms with Crippen molar-refractivity contribution in [3.63, 3.8) is 0 Å². The molecule has 0 spiro atoms. The summed E-state index contributed by atoms with van der Waals surface area (Å²) in [6, 6.07) is 14.2.